The van der Waals surface area contributed by atoms with Crippen LogP contribution in [0, 0.1) is 18.3 Å². The van der Waals surface area contributed by atoms with Gasteiger partial charge in [-0.05, 0) is 24.6 Å². The molecule has 2 aromatic rings. The lowest BCUT2D eigenvalue weighted by atomic mass is 10.2. The molecule has 1 aromatic heterocycles. The summed E-state index contributed by atoms with van der Waals surface area (Å²) in [4.78, 5) is 0.931. The molecule has 0 aliphatic rings. The summed E-state index contributed by atoms with van der Waals surface area (Å²) in [5, 5.41) is 8.88. The van der Waals surface area contributed by atoms with E-state index in [2.05, 4.69) is 0 Å². The van der Waals surface area contributed by atoms with Gasteiger partial charge >= 0.3 is 0 Å². The van der Waals surface area contributed by atoms with Gasteiger partial charge in [-0.25, -0.2) is 8.42 Å². The highest BCUT2D eigenvalue weighted by atomic mass is 32.2. The number of hydrogen-bond donors (Lipinski definition) is 0. The molecule has 0 saturated heterocycles. The highest BCUT2D eigenvalue weighted by Gasteiger charge is 2.25. The summed E-state index contributed by atoms with van der Waals surface area (Å²) in [6, 6.07) is 14.5. The van der Waals surface area contributed by atoms with E-state index in [1.54, 1.807) is 12.1 Å². The van der Waals surface area contributed by atoms with Crippen LogP contribution in [-0.2, 0) is 16.6 Å². The molecule has 0 aliphatic carbocycles. The van der Waals surface area contributed by atoms with Crippen molar-refractivity contribution in [3.63, 3.8) is 0 Å². The summed E-state index contributed by atoms with van der Waals surface area (Å²) in [6.45, 7) is 1.90. The van der Waals surface area contributed by atoms with Crippen LogP contribution < -0.4 is 0 Å². The van der Waals surface area contributed by atoms with Crippen molar-refractivity contribution in [3.8, 4) is 6.07 Å². The molecule has 0 aliphatic heterocycles. The van der Waals surface area contributed by atoms with Gasteiger partial charge in [0.05, 0.1) is 6.07 Å². The molecule has 4 nitrogen and oxygen atoms in total. The Balaban J connectivity index is 2.31. The van der Waals surface area contributed by atoms with Gasteiger partial charge in [-0.1, -0.05) is 30.3 Å². The minimum atomic E-state index is -3.61. The molecule has 0 amide bonds. The summed E-state index contributed by atoms with van der Waals surface area (Å²) >= 11 is 1.22. The van der Waals surface area contributed by atoms with Crippen molar-refractivity contribution in [1.29, 1.82) is 5.26 Å². The zero-order valence-corrected chi connectivity index (χ0v) is 12.6. The lowest BCUT2D eigenvalue weighted by molar-refractivity contribution is 0.443. The molecule has 0 saturated carbocycles. The standard InChI is InChI=1S/C14H14N2O2S2/c1-12-7-8-14(19-12)20(17,18)16(10-9-15)11-13-5-3-2-4-6-13/h2-8H,10-11H2,1H3. The van der Waals surface area contributed by atoms with Gasteiger partial charge in [0, 0.05) is 11.4 Å². The molecule has 6 heteroatoms. The molecule has 0 spiro atoms. The van der Waals surface area contributed by atoms with Gasteiger partial charge in [0.15, 0.2) is 0 Å². The molecular weight excluding hydrogens is 292 g/mol. The Bertz CT molecular complexity index is 715. The Kier molecular flexibility index (Phi) is 4.55. The van der Waals surface area contributed by atoms with Crippen molar-refractivity contribution in [2.75, 3.05) is 6.54 Å². The van der Waals surface area contributed by atoms with E-state index in [4.69, 9.17) is 5.26 Å². The number of aryl methyl sites for hydroxylation is 1. The van der Waals surface area contributed by atoms with E-state index in [0.717, 1.165) is 10.4 Å². The first-order chi connectivity index (χ1) is 9.54. The van der Waals surface area contributed by atoms with Crippen LogP contribution in [-0.4, -0.2) is 19.3 Å². The summed E-state index contributed by atoms with van der Waals surface area (Å²) in [5.41, 5.74) is 0.861. The average Bonchev–Trinajstić information content (AvgIpc) is 2.87. The van der Waals surface area contributed by atoms with Crippen LogP contribution in [0.2, 0.25) is 0 Å². The molecule has 0 fully saturated rings. The van der Waals surface area contributed by atoms with Gasteiger partial charge in [-0.2, -0.15) is 9.57 Å². The maximum Gasteiger partial charge on any atom is 0.253 e. The fourth-order valence-corrected chi connectivity index (χ4v) is 4.53. The van der Waals surface area contributed by atoms with Gasteiger partial charge in [0.25, 0.3) is 10.0 Å². The van der Waals surface area contributed by atoms with Crippen molar-refractivity contribution < 1.29 is 8.42 Å². The number of rotatable bonds is 5. The molecule has 0 unspecified atom stereocenters. The van der Waals surface area contributed by atoms with Gasteiger partial charge in [0.1, 0.15) is 10.8 Å². The third-order valence-electron chi connectivity index (χ3n) is 2.76. The minimum absolute atomic E-state index is 0.159. The number of nitrogens with zero attached hydrogens (tertiary/aromatic N) is 2. The number of nitriles is 1. The number of sulfonamides is 1. The van der Waals surface area contributed by atoms with Crippen LogP contribution in [0.5, 0.6) is 0 Å². The Labute approximate surface area is 123 Å². The Morgan fingerprint density at radius 1 is 1.20 bits per heavy atom. The second kappa shape index (κ2) is 6.18. The number of thiophene rings is 1. The quantitative estimate of drug-likeness (QED) is 0.798. The lowest BCUT2D eigenvalue weighted by Crippen LogP contribution is -2.30. The Hall–Kier alpha value is -1.68. The topological polar surface area (TPSA) is 61.2 Å². The predicted octanol–water partition coefficient (Wildman–Crippen LogP) is 2.77. The van der Waals surface area contributed by atoms with Crippen LogP contribution in [0.25, 0.3) is 0 Å². The van der Waals surface area contributed by atoms with Crippen molar-refractivity contribution in [3.05, 3.63) is 52.9 Å². The van der Waals surface area contributed by atoms with Crippen LogP contribution >= 0.6 is 11.3 Å². The average molecular weight is 306 g/mol. The zero-order valence-electron chi connectivity index (χ0n) is 11.0. The fourth-order valence-electron chi connectivity index (χ4n) is 1.77. The summed E-state index contributed by atoms with van der Waals surface area (Å²) in [7, 11) is -3.61. The van der Waals surface area contributed by atoms with Crippen LogP contribution in [0.15, 0.2) is 46.7 Å². The number of hydrogen-bond acceptors (Lipinski definition) is 4. The Morgan fingerprint density at radius 2 is 1.90 bits per heavy atom. The van der Waals surface area contributed by atoms with E-state index in [1.165, 1.54) is 15.6 Å². The van der Waals surface area contributed by atoms with E-state index < -0.39 is 10.0 Å². The van der Waals surface area contributed by atoms with Crippen molar-refractivity contribution in [2.45, 2.75) is 17.7 Å². The first-order valence-electron chi connectivity index (χ1n) is 6.01. The highest BCUT2D eigenvalue weighted by Crippen LogP contribution is 2.25. The lowest BCUT2D eigenvalue weighted by Gasteiger charge is -2.18. The highest BCUT2D eigenvalue weighted by molar-refractivity contribution is 7.91. The summed E-state index contributed by atoms with van der Waals surface area (Å²) in [6.07, 6.45) is 0. The van der Waals surface area contributed by atoms with Gasteiger partial charge in [-0.15, -0.1) is 11.3 Å². The Morgan fingerprint density at radius 3 is 2.45 bits per heavy atom. The normalized spacial score (nSPS) is 11.4. The largest absolute Gasteiger partial charge is 0.253 e. The first-order valence-corrected chi connectivity index (χ1v) is 8.27. The van der Waals surface area contributed by atoms with Crippen LogP contribution in [0.1, 0.15) is 10.4 Å². The van der Waals surface area contributed by atoms with Gasteiger partial charge < -0.3 is 0 Å². The van der Waals surface area contributed by atoms with E-state index in [1.807, 2.05) is 43.3 Å². The summed E-state index contributed by atoms with van der Waals surface area (Å²) in [5.74, 6) is 0. The molecule has 0 N–H and O–H groups in total. The van der Waals surface area contributed by atoms with E-state index in [9.17, 15) is 8.42 Å². The van der Waals surface area contributed by atoms with E-state index in [0.29, 0.717) is 0 Å². The fraction of sp³-hybridized carbons (Fsp3) is 0.214. The van der Waals surface area contributed by atoms with E-state index >= 15 is 0 Å². The smallest absolute Gasteiger partial charge is 0.206 e. The SMILES string of the molecule is Cc1ccc(S(=O)(=O)N(CC#N)Cc2ccccc2)s1. The first kappa shape index (κ1) is 14.7. The second-order valence-corrected chi connectivity index (χ2v) is 7.73. The predicted molar refractivity (Wildman–Crippen MR) is 78.7 cm³/mol. The third kappa shape index (κ3) is 3.25. The van der Waals surface area contributed by atoms with E-state index in [-0.39, 0.29) is 17.3 Å². The maximum atomic E-state index is 12.5. The van der Waals surface area contributed by atoms with Crippen LogP contribution in [0.3, 0.4) is 0 Å². The van der Waals surface area contributed by atoms with Crippen molar-refractivity contribution >= 4 is 21.4 Å². The maximum absolute atomic E-state index is 12.5. The summed E-state index contributed by atoms with van der Waals surface area (Å²) < 4.78 is 26.5. The molecule has 2 rings (SSSR count). The van der Waals surface area contributed by atoms with Gasteiger partial charge in [-0.3, -0.25) is 0 Å². The second-order valence-electron chi connectivity index (χ2n) is 4.28. The van der Waals surface area contributed by atoms with Crippen molar-refractivity contribution in [2.24, 2.45) is 0 Å². The zero-order chi connectivity index (χ0) is 14.6. The molecule has 0 bridgehead atoms. The molecule has 20 heavy (non-hydrogen) atoms. The van der Waals surface area contributed by atoms with Gasteiger partial charge in [0.2, 0.25) is 0 Å². The van der Waals surface area contributed by atoms with Crippen molar-refractivity contribution in [1.82, 2.24) is 4.31 Å². The molecule has 104 valence electrons. The molecule has 0 atom stereocenters. The van der Waals surface area contributed by atoms with Crippen LogP contribution in [0.4, 0.5) is 0 Å². The molecule has 1 heterocycles. The molecule has 0 radical (unpaired) electrons. The third-order valence-corrected chi connectivity index (χ3v) is 6.02. The number of benzene rings is 1. The molecule has 1 aromatic carbocycles. The minimum Gasteiger partial charge on any atom is -0.206 e. The molecular formula is C14H14N2O2S2. The monoisotopic (exact) mass is 306 g/mol.